The molecule has 10 aliphatic rings. The quantitative estimate of drug-likeness (QED) is 0.0297. The van der Waals surface area contributed by atoms with Crippen LogP contribution in [0.5, 0.6) is 0 Å². The van der Waals surface area contributed by atoms with Gasteiger partial charge in [-0.05, 0) is 6.92 Å². The summed E-state index contributed by atoms with van der Waals surface area (Å²) in [7, 11) is 0. The van der Waals surface area contributed by atoms with E-state index in [4.69, 9.17) is 90.0 Å². The molecular weight excluding hydrogens is 1710 g/mol. The molecule has 0 spiro atoms. The summed E-state index contributed by atoms with van der Waals surface area (Å²) < 4.78 is 114. The van der Waals surface area contributed by atoms with Crippen LogP contribution in [-0.2, 0) is 114 Å². The van der Waals surface area contributed by atoms with Gasteiger partial charge in [0.2, 0.25) is 29.5 Å². The van der Waals surface area contributed by atoms with Crippen molar-refractivity contribution >= 4 is 29.5 Å². The maximum atomic E-state index is 13.3. The van der Waals surface area contributed by atoms with Gasteiger partial charge >= 0.3 is 0 Å². The number of nitrogens with one attached hydrogen (secondary N) is 5. The van der Waals surface area contributed by atoms with E-state index in [1.54, 1.807) is 0 Å². The number of hydrogen-bond acceptors (Lipinski definition) is 50. The van der Waals surface area contributed by atoms with E-state index < -0.39 is 396 Å². The maximum absolute atomic E-state index is 13.3. The molecule has 55 nitrogen and oxygen atoms in total. The van der Waals surface area contributed by atoms with Gasteiger partial charge in [0, 0.05) is 34.6 Å². The highest BCUT2D eigenvalue weighted by Crippen LogP contribution is 2.41. The van der Waals surface area contributed by atoms with E-state index in [0.29, 0.717) is 0 Å². The van der Waals surface area contributed by atoms with Crippen molar-refractivity contribution in [2.24, 2.45) is 0 Å². The third kappa shape index (κ3) is 23.1. The Morgan fingerprint density at radius 1 is 0.224 bits per heavy atom. The second-order valence-corrected chi connectivity index (χ2v) is 31.7. The molecule has 10 fully saturated rings. The Morgan fingerprint density at radius 2 is 0.520 bits per heavy atom. The van der Waals surface area contributed by atoms with E-state index in [1.165, 1.54) is 6.92 Å². The summed E-state index contributed by atoms with van der Waals surface area (Å²) in [5.74, 6) is -4.68. The fourth-order valence-electron chi connectivity index (χ4n) is 16.2. The van der Waals surface area contributed by atoms with Crippen molar-refractivity contribution in [1.82, 2.24) is 26.6 Å². The Bertz CT molecular complexity index is 3420. The molecule has 5 amide bonds. The summed E-state index contributed by atoms with van der Waals surface area (Å²) >= 11 is 0. The molecule has 0 aromatic heterocycles. The molecular formula is C70H117N5O50. The molecule has 31 N–H and O–H groups in total. The van der Waals surface area contributed by atoms with Crippen LogP contribution in [0.15, 0.2) is 0 Å². The largest absolute Gasteiger partial charge is 0.394 e. The van der Waals surface area contributed by atoms with Gasteiger partial charge in [0.25, 0.3) is 0 Å². The summed E-state index contributed by atoms with van der Waals surface area (Å²) in [6.45, 7) is -4.14. The SMILES string of the molecule is CC(=O)N[C@H]1[C@H](O[C@H]2[C@H](O)[C@@H](NC(C)=O)C(O)O[C@@H]2CO[C@@H]2O[C@@H](C)[C@@H](O)[C@@H](O)[C@@H]2O)O[C@H](CO)[C@@H](O[C@@H]2O[C@H](CO[C@H]3O[C@H](CO)[C@@H](O)[C@H](O)[C@@H]3O[C@@H]3O[C@H](CO)[C@@H](O)[C@H](O)[C@H]3NC(C)=O)[C@@H](O)[C@H](O[C@H]3O[C@H](CO)[C@@H](O[C@@H]4O[C@H](CO)[C@@H](O)[C@H](O[C@@H]5O[C@H](CO)[C@H](O)[C@H](O)[C@H]5O)[C@H]4NC(C)=O)[C@H](O)[C@@H]3O[C@@H]3O[C@H](CO)[C@@H](O)[C@H](O)[C@H]3NC(C)=O)[C@@H]2O)[C@@H]1O. The highest BCUT2D eigenvalue weighted by molar-refractivity contribution is 5.75. The summed E-state index contributed by atoms with van der Waals surface area (Å²) in [6, 6.07) is -9.53. The third-order valence-electron chi connectivity index (χ3n) is 22.8. The molecule has 55 heteroatoms. The monoisotopic (exact) mass is 1830 g/mol. The molecule has 722 valence electrons. The molecule has 125 heavy (non-hydrogen) atoms. The first-order chi connectivity index (χ1) is 59.1. The van der Waals surface area contributed by atoms with Crippen LogP contribution in [0.4, 0.5) is 0 Å². The summed E-state index contributed by atoms with van der Waals surface area (Å²) in [6.07, 6.45) is -94.7. The fourth-order valence-corrected chi connectivity index (χ4v) is 16.2. The van der Waals surface area contributed by atoms with E-state index in [-0.39, 0.29) is 0 Å². The molecule has 0 aromatic rings. The summed E-state index contributed by atoms with van der Waals surface area (Å²) in [4.78, 5) is 64.5. The Hall–Kier alpha value is -4.45. The maximum Gasteiger partial charge on any atom is 0.217 e. The molecule has 10 aliphatic heterocycles. The zero-order chi connectivity index (χ0) is 92.1. The molecule has 0 radical (unpaired) electrons. The molecule has 0 bridgehead atoms. The minimum atomic E-state index is -2.69. The lowest BCUT2D eigenvalue weighted by Crippen LogP contribution is -2.71. The normalized spacial score (nSPS) is 48.7. The van der Waals surface area contributed by atoms with Gasteiger partial charge in [-0.3, -0.25) is 24.0 Å². The Morgan fingerprint density at radius 3 is 1.01 bits per heavy atom. The van der Waals surface area contributed by atoms with E-state index in [9.17, 15) is 157 Å². The zero-order valence-corrected chi connectivity index (χ0v) is 67.7. The number of amides is 5. The number of aliphatic hydroxyl groups excluding tert-OH is 26. The van der Waals surface area contributed by atoms with Gasteiger partial charge in [-0.15, -0.1) is 0 Å². The van der Waals surface area contributed by atoms with Gasteiger partial charge in [0.1, 0.15) is 238 Å². The Balaban J connectivity index is 1.04. The predicted molar refractivity (Wildman–Crippen MR) is 386 cm³/mol. The average Bonchev–Trinajstić information content (AvgIpc) is 0.754. The van der Waals surface area contributed by atoms with Crippen LogP contribution in [0.25, 0.3) is 0 Å². The van der Waals surface area contributed by atoms with Crippen LogP contribution in [-0.4, -0.2) is 529 Å². The van der Waals surface area contributed by atoms with Gasteiger partial charge in [-0.1, -0.05) is 0 Å². The lowest BCUT2D eigenvalue weighted by Gasteiger charge is -2.52. The van der Waals surface area contributed by atoms with Crippen LogP contribution in [0.1, 0.15) is 41.5 Å². The first kappa shape index (κ1) is 103. The molecule has 10 rings (SSSR count). The lowest BCUT2D eigenvalue weighted by molar-refractivity contribution is -0.404. The van der Waals surface area contributed by atoms with Crippen LogP contribution in [0, 0.1) is 0 Å². The Kier molecular flexibility index (Phi) is 36.8. The van der Waals surface area contributed by atoms with Crippen molar-refractivity contribution in [3.05, 3.63) is 0 Å². The minimum Gasteiger partial charge on any atom is -0.394 e. The molecule has 0 aliphatic carbocycles. The second-order valence-electron chi connectivity index (χ2n) is 31.7. The van der Waals surface area contributed by atoms with Crippen molar-refractivity contribution in [2.45, 2.75) is 348 Å². The Labute approximate surface area is 708 Å². The number of carbonyl (C=O) groups excluding carboxylic acids is 5. The van der Waals surface area contributed by atoms with Crippen molar-refractivity contribution in [3.63, 3.8) is 0 Å². The molecule has 10 heterocycles. The van der Waals surface area contributed by atoms with E-state index in [0.717, 1.165) is 34.6 Å². The number of rotatable bonds is 32. The van der Waals surface area contributed by atoms with Crippen molar-refractivity contribution in [2.75, 3.05) is 59.5 Å². The first-order valence-corrected chi connectivity index (χ1v) is 40.0. The van der Waals surface area contributed by atoms with Gasteiger partial charge in [-0.25, -0.2) is 0 Å². The molecule has 10 saturated heterocycles. The van der Waals surface area contributed by atoms with Gasteiger partial charge in [0.05, 0.1) is 65.6 Å². The summed E-state index contributed by atoms with van der Waals surface area (Å²) in [5, 5.41) is 305. The van der Waals surface area contributed by atoms with Crippen molar-refractivity contribution in [3.8, 4) is 0 Å². The fraction of sp³-hybridized carbons (Fsp3) is 0.929. The van der Waals surface area contributed by atoms with Crippen LogP contribution in [0.2, 0.25) is 0 Å². The summed E-state index contributed by atoms with van der Waals surface area (Å²) in [5.41, 5.74) is 0. The van der Waals surface area contributed by atoms with Gasteiger partial charge < -0.3 is 249 Å². The zero-order valence-electron chi connectivity index (χ0n) is 67.7. The predicted octanol–water partition coefficient (Wildman–Crippen LogP) is -21.1. The molecule has 1 unspecified atom stereocenters. The number of carbonyl (C=O) groups is 5. The van der Waals surface area contributed by atoms with Gasteiger partial charge in [0.15, 0.2) is 62.9 Å². The minimum absolute atomic E-state index is 0.853. The highest BCUT2D eigenvalue weighted by Gasteiger charge is 2.62. The number of ether oxygens (including phenoxy) is 19. The van der Waals surface area contributed by atoms with Crippen LogP contribution < -0.4 is 26.6 Å². The van der Waals surface area contributed by atoms with E-state index >= 15 is 0 Å². The highest BCUT2D eigenvalue weighted by atomic mass is 16.8. The lowest BCUT2D eigenvalue weighted by atomic mass is 9.93. The van der Waals surface area contributed by atoms with E-state index in [1.807, 2.05) is 0 Å². The molecule has 0 saturated carbocycles. The molecule has 0 aromatic carbocycles. The average molecular weight is 1830 g/mol. The van der Waals surface area contributed by atoms with Crippen LogP contribution >= 0.6 is 0 Å². The standard InChI is InChI=1S/C70H117N5O50/c1-16-36(88)47(99)50(102)66(109-16)107-15-30-56(45(97)31(61(106)110-30)71-17(2)83)120-64-34(74-20(5)86)46(98)54(27(12-81)116-64)121-68-53(105)58(42(94)29(118-68)14-108-69-59(49(101)40(92)25(10-79)115-69)124-62-32(72-18(3)84)43(95)37(89)22(7-76)111-62)123-70-60(125-63-33(73-19(4)85)44(96)38(90)23(8-77)112-63)52(104)55(28(13-82)117-70)119-65-35(75-21(6)87)57(41(93)26(11-80)113-65)122-67-51(103)48(100)39(91)24(9-78)114-67/h16,22-70,76-82,88-106H,7-15H2,1-6H3,(H,71,83)(H,72,84)(H,73,85)(H,74,86)(H,75,87)/t16-,22+,23+,24+,25+,26+,27+,28+,29+,30+,31+,32+,33+,34+,35+,36+,37+,38+,39-,40+,41+,42+,43+,44+,45+,46+,47+,48-,49-,50-,51+,52-,53-,54+,55+,56+,57+,58-,59-,60-,61?,62-,63-,64-,65-,66+,67-,68-,69-,70+/m0/s1. The number of aliphatic hydroxyl groups is 26. The van der Waals surface area contributed by atoms with Gasteiger partial charge in [-0.2, -0.15) is 0 Å². The van der Waals surface area contributed by atoms with Crippen molar-refractivity contribution in [1.29, 1.82) is 0 Å². The number of hydrogen-bond donors (Lipinski definition) is 31. The molecule has 50 atom stereocenters. The van der Waals surface area contributed by atoms with Crippen molar-refractivity contribution < 1.29 is 247 Å². The van der Waals surface area contributed by atoms with E-state index in [2.05, 4.69) is 26.6 Å². The van der Waals surface area contributed by atoms with Crippen LogP contribution in [0.3, 0.4) is 0 Å². The topological polar surface area (TPSA) is 847 Å². The first-order valence-electron chi connectivity index (χ1n) is 40.0. The second kappa shape index (κ2) is 44.9. The third-order valence-corrected chi connectivity index (χ3v) is 22.8. The smallest absolute Gasteiger partial charge is 0.217 e.